The molecule has 13 rings (SSSR count). The predicted octanol–water partition coefficient (Wildman–Crippen LogP) is 14.5. The maximum atomic E-state index is 7.52. The standard InChI is InChI=1S/C60H55BN3O2Si/c1-35-31-45-51-46(32-35)64(40-29-25-37(26-30-40)60(5,6)7)55-53-48(34-44-42-20-16-22-50(67(8,9)10)56(42)66-58(44)55)63(38-17-12-11-13-18-38)54-52(61(51)53)47(33-43-41-19-14-15-21-49(41)65-57(43)54)62(45)39-27-23-36(24-28-39)59(2,3)4/h11-34,67H,1-10H3/q-1. The van der Waals surface area contributed by atoms with Crippen LogP contribution in [0.25, 0.3) is 43.9 Å². The van der Waals surface area contributed by atoms with Crippen molar-refractivity contribution in [3.8, 4) is 0 Å². The summed E-state index contributed by atoms with van der Waals surface area (Å²) in [7, 11) is -2.18. The molecule has 7 heteroatoms. The number of aryl methyl sites for hydroxylation is 1. The summed E-state index contributed by atoms with van der Waals surface area (Å²) in [4.78, 5) is 7.62. The first-order valence-corrected chi connectivity index (χ1v) is 28.2. The Bertz CT molecular complexity index is 3720. The van der Waals surface area contributed by atoms with Crippen molar-refractivity contribution in [1.82, 2.24) is 0 Å². The van der Waals surface area contributed by atoms with Crippen molar-refractivity contribution >= 4 is 131 Å². The molecule has 330 valence electrons. The van der Waals surface area contributed by atoms with Gasteiger partial charge < -0.3 is 0 Å². The van der Waals surface area contributed by atoms with Gasteiger partial charge in [-0.2, -0.15) is 0 Å². The van der Waals surface area contributed by atoms with Crippen molar-refractivity contribution in [1.29, 1.82) is 0 Å². The first-order chi connectivity index (χ1) is 32.1. The molecule has 0 aliphatic carbocycles. The van der Waals surface area contributed by atoms with E-state index in [0.717, 1.165) is 78.0 Å². The van der Waals surface area contributed by atoms with Crippen LogP contribution in [-0.2, 0) is 10.8 Å². The van der Waals surface area contributed by atoms with Gasteiger partial charge >= 0.3 is 340 Å². The number of rotatable bonds is 4. The average Bonchev–Trinajstić information content (AvgIpc) is 3.87. The summed E-state index contributed by atoms with van der Waals surface area (Å²) in [5, 5.41) is 5.86. The van der Waals surface area contributed by atoms with Crippen LogP contribution in [0.4, 0.5) is 51.2 Å². The summed E-state index contributed by atoms with van der Waals surface area (Å²) in [6.07, 6.45) is 0. The van der Waals surface area contributed by atoms with Gasteiger partial charge in [-0.3, -0.25) is 0 Å². The van der Waals surface area contributed by atoms with Gasteiger partial charge in [-0.05, 0) is 11.0 Å². The fourth-order valence-electron chi connectivity index (χ4n) is 11.7. The fraction of sp³-hybridized carbons (Fsp3) is 0.200. The van der Waals surface area contributed by atoms with Crippen molar-refractivity contribution in [2.75, 3.05) is 14.7 Å². The second kappa shape index (κ2) is 13.6. The zero-order valence-corrected chi connectivity index (χ0v) is 41.3. The van der Waals surface area contributed by atoms with Crippen molar-refractivity contribution in [2.24, 2.45) is 0 Å². The minimum absolute atomic E-state index is 0.00128. The molecule has 0 saturated heterocycles. The van der Waals surface area contributed by atoms with Crippen LogP contribution in [0.1, 0.15) is 58.2 Å². The van der Waals surface area contributed by atoms with Crippen LogP contribution in [0.3, 0.4) is 0 Å². The molecule has 0 bridgehead atoms. The van der Waals surface area contributed by atoms with Gasteiger partial charge in [0.05, 0.1) is 0 Å². The number of hydrogen-bond acceptors (Lipinski definition) is 5. The van der Waals surface area contributed by atoms with Crippen molar-refractivity contribution in [3.05, 3.63) is 162 Å². The second-order valence-electron chi connectivity index (χ2n) is 22.7. The first kappa shape index (κ1) is 40.3. The van der Waals surface area contributed by atoms with Crippen LogP contribution in [0.15, 0.2) is 154 Å². The third-order valence-electron chi connectivity index (χ3n) is 15.0. The maximum absolute atomic E-state index is 7.52. The van der Waals surface area contributed by atoms with Gasteiger partial charge in [0.1, 0.15) is 0 Å². The summed E-state index contributed by atoms with van der Waals surface area (Å²) in [5.41, 5.74) is 21.5. The Morgan fingerprint density at radius 2 is 0.910 bits per heavy atom. The molecule has 0 atom stereocenters. The molecule has 0 saturated carbocycles. The van der Waals surface area contributed by atoms with E-state index in [1.54, 1.807) is 0 Å². The van der Waals surface area contributed by atoms with E-state index < -0.39 is 8.07 Å². The van der Waals surface area contributed by atoms with E-state index in [0.29, 0.717) is 0 Å². The van der Waals surface area contributed by atoms with Crippen molar-refractivity contribution in [3.63, 3.8) is 0 Å². The zero-order chi connectivity index (χ0) is 46.1. The molecule has 0 spiro atoms. The number of anilines is 9. The Morgan fingerprint density at radius 1 is 0.433 bits per heavy atom. The molecule has 2 aromatic heterocycles. The number of hydrogen-bond donors (Lipinski definition) is 0. The zero-order valence-electron chi connectivity index (χ0n) is 40.2. The molecule has 3 aliphatic heterocycles. The third kappa shape index (κ3) is 5.67. The van der Waals surface area contributed by atoms with Crippen molar-refractivity contribution in [2.45, 2.75) is 78.9 Å². The number of benzene rings is 8. The van der Waals surface area contributed by atoms with Gasteiger partial charge in [-0.1, -0.05) is 45.0 Å². The van der Waals surface area contributed by atoms with Crippen LogP contribution < -0.4 is 36.3 Å². The number of furan rings is 2. The number of fused-ring (bicyclic) bond motifs is 8. The molecule has 67 heavy (non-hydrogen) atoms. The summed E-state index contributed by atoms with van der Waals surface area (Å²) >= 11 is 0. The molecule has 0 radical (unpaired) electrons. The Balaban J connectivity index is 1.25. The van der Waals surface area contributed by atoms with Crippen LogP contribution in [-0.4, -0.2) is 14.8 Å². The molecule has 0 fully saturated rings. The number of nitrogens with zero attached hydrogens (tertiary/aromatic N) is 3. The van der Waals surface area contributed by atoms with E-state index in [1.165, 1.54) is 55.3 Å². The molecule has 5 heterocycles. The molecule has 10 aromatic rings. The molecule has 0 amide bonds. The second-order valence-corrected chi connectivity index (χ2v) is 28.5. The van der Waals surface area contributed by atoms with E-state index in [9.17, 15) is 0 Å². The Labute approximate surface area is 394 Å². The van der Waals surface area contributed by atoms with E-state index >= 15 is 0 Å². The quantitative estimate of drug-likeness (QED) is 0.165. The van der Waals surface area contributed by atoms with Gasteiger partial charge in [0, 0.05) is 0 Å². The Kier molecular flexibility index (Phi) is 8.17. The van der Waals surface area contributed by atoms with Gasteiger partial charge in [-0.25, -0.2) is 0 Å². The van der Waals surface area contributed by atoms with Crippen LogP contribution in [0.5, 0.6) is 0 Å². The molecule has 0 unspecified atom stereocenters. The third-order valence-corrected chi connectivity index (χ3v) is 17.3. The summed E-state index contributed by atoms with van der Waals surface area (Å²) in [5.74, 6) is 0. The van der Waals surface area contributed by atoms with E-state index in [1.807, 2.05) is 0 Å². The molecule has 5 nitrogen and oxygen atoms in total. The van der Waals surface area contributed by atoms with E-state index in [4.69, 9.17) is 8.83 Å². The summed E-state index contributed by atoms with van der Waals surface area (Å²) < 4.78 is 14.7. The average molecular weight is 889 g/mol. The normalized spacial score (nSPS) is 14.5. The molecule has 0 N–H and O–H groups in total. The summed E-state index contributed by atoms with van der Waals surface area (Å²) in [6, 6.07) is 54.7. The van der Waals surface area contributed by atoms with Crippen LogP contribution in [0, 0.1) is 6.92 Å². The van der Waals surface area contributed by atoms with Gasteiger partial charge in [0.15, 0.2) is 0 Å². The van der Waals surface area contributed by atoms with Gasteiger partial charge in [-0.15, -0.1) is 0 Å². The SMILES string of the molecule is Cc1cc2c3c(c1)N(c1ccc(C(C)(C)C)cc1)c1c4c(cc5c1oc1c([SiH-](C)(C)C)cccc15)N(c1ccccc1)c1c(c(cc5c1oc1ccccc15)N2c1ccc(C(C)(C)C)cc1)B34. The Morgan fingerprint density at radius 3 is 1.51 bits per heavy atom. The van der Waals surface area contributed by atoms with E-state index in [2.05, 4.69) is 228 Å². The van der Waals surface area contributed by atoms with E-state index in [-0.39, 0.29) is 17.5 Å². The molecule has 3 aliphatic rings. The Hall–Kier alpha value is -6.96. The van der Waals surface area contributed by atoms with Gasteiger partial charge in [0.2, 0.25) is 0 Å². The predicted molar refractivity (Wildman–Crippen MR) is 290 cm³/mol. The summed E-state index contributed by atoms with van der Waals surface area (Å²) in [6.45, 7) is 23.2. The van der Waals surface area contributed by atoms with Crippen LogP contribution >= 0.6 is 0 Å². The minimum atomic E-state index is -2.18. The number of para-hydroxylation sites is 3. The topological polar surface area (TPSA) is 36.0 Å². The monoisotopic (exact) mass is 888 g/mol. The van der Waals surface area contributed by atoms with Crippen LogP contribution in [0.2, 0.25) is 19.6 Å². The van der Waals surface area contributed by atoms with Gasteiger partial charge in [0.25, 0.3) is 0 Å². The molecular formula is C60H55BN3O2Si-. The molecule has 8 aromatic carbocycles. The fourth-order valence-corrected chi connectivity index (χ4v) is 13.4. The first-order valence-electron chi connectivity index (χ1n) is 24.1. The molecular weight excluding hydrogens is 834 g/mol. The van der Waals surface area contributed by atoms with Crippen molar-refractivity contribution < 1.29 is 8.83 Å².